The summed E-state index contributed by atoms with van der Waals surface area (Å²) >= 11 is 0. The minimum atomic E-state index is -3.72. The summed E-state index contributed by atoms with van der Waals surface area (Å²) in [6.07, 6.45) is 4.94. The molecule has 3 aromatic carbocycles. The summed E-state index contributed by atoms with van der Waals surface area (Å²) < 4.78 is 35.9. The van der Waals surface area contributed by atoms with Crippen LogP contribution in [-0.4, -0.2) is 32.0 Å². The third kappa shape index (κ3) is 7.44. The van der Waals surface area contributed by atoms with E-state index >= 15 is 0 Å². The molecule has 37 heavy (non-hydrogen) atoms. The zero-order valence-corrected chi connectivity index (χ0v) is 22.1. The van der Waals surface area contributed by atoms with Crippen molar-refractivity contribution < 1.29 is 13.2 Å². The van der Waals surface area contributed by atoms with Crippen molar-refractivity contribution in [1.82, 2.24) is 14.7 Å². The van der Waals surface area contributed by atoms with Gasteiger partial charge in [-0.2, -0.15) is 13.1 Å². The monoisotopic (exact) mass is 518 g/mol. The van der Waals surface area contributed by atoms with E-state index in [9.17, 15) is 8.42 Å². The first-order valence-electron chi connectivity index (χ1n) is 12.6. The van der Waals surface area contributed by atoms with Crippen LogP contribution in [0.15, 0.2) is 78.9 Å². The Bertz CT molecular complexity index is 1370. The van der Waals surface area contributed by atoms with Crippen molar-refractivity contribution >= 4 is 15.9 Å². The van der Waals surface area contributed by atoms with Crippen LogP contribution in [0.4, 0.5) is 5.69 Å². The largest absolute Gasteiger partial charge is 0.497 e. The number of rotatable bonds is 13. The van der Waals surface area contributed by atoms with E-state index in [4.69, 9.17) is 9.72 Å². The Morgan fingerprint density at radius 2 is 1.59 bits per heavy atom. The van der Waals surface area contributed by atoms with Gasteiger partial charge in [0.15, 0.2) is 0 Å². The molecule has 0 saturated heterocycles. The van der Waals surface area contributed by atoms with Gasteiger partial charge in [0.1, 0.15) is 11.6 Å². The Kier molecular flexibility index (Phi) is 8.98. The van der Waals surface area contributed by atoms with Crippen molar-refractivity contribution in [2.24, 2.45) is 0 Å². The zero-order valence-electron chi connectivity index (χ0n) is 21.3. The molecule has 0 spiro atoms. The van der Waals surface area contributed by atoms with Gasteiger partial charge in [-0.15, -0.1) is 0 Å². The molecule has 4 rings (SSSR count). The lowest BCUT2D eigenvalue weighted by Crippen LogP contribution is -2.31. The summed E-state index contributed by atoms with van der Waals surface area (Å²) in [6, 6.07) is 25.1. The van der Waals surface area contributed by atoms with Crippen molar-refractivity contribution in [2.75, 3.05) is 18.4 Å². The lowest BCUT2D eigenvalue weighted by atomic mass is 10.1. The lowest BCUT2D eigenvalue weighted by Gasteiger charge is -2.10. The number of nitrogens with one attached hydrogen (secondary N) is 3. The van der Waals surface area contributed by atoms with Gasteiger partial charge in [-0.25, -0.2) is 4.98 Å². The van der Waals surface area contributed by atoms with E-state index in [1.807, 2.05) is 78.9 Å². The van der Waals surface area contributed by atoms with Crippen LogP contribution in [-0.2, 0) is 23.1 Å². The number of imidazole rings is 1. The number of aryl methyl sites for hydroxylation is 1. The number of ether oxygens (including phenoxy) is 1. The number of aromatic amines is 1. The molecule has 0 unspecified atom stereocenters. The zero-order chi connectivity index (χ0) is 26.1. The standard InChI is InChI=1S/C29H34N4O3S/c1-3-4-6-9-22-12-16-25(17-13-22)33-37(34,35)30-21-20-27-28(23-14-18-26(36-2)19-15-23)32-29(31-27)24-10-7-5-8-11-24/h5,7-8,10-19,30,33H,3-4,6,9,20-21H2,1-2H3,(H,31,32). The van der Waals surface area contributed by atoms with Crippen LogP contribution in [0.5, 0.6) is 5.75 Å². The first-order valence-corrected chi connectivity index (χ1v) is 14.1. The van der Waals surface area contributed by atoms with Crippen LogP contribution >= 0.6 is 0 Å². The van der Waals surface area contributed by atoms with Crippen molar-refractivity contribution in [1.29, 1.82) is 0 Å². The molecule has 4 aromatic rings. The smallest absolute Gasteiger partial charge is 0.299 e. The normalized spacial score (nSPS) is 11.4. The second-order valence-corrected chi connectivity index (χ2v) is 10.4. The molecule has 3 N–H and O–H groups in total. The van der Waals surface area contributed by atoms with Gasteiger partial charge in [0.25, 0.3) is 10.2 Å². The van der Waals surface area contributed by atoms with Crippen LogP contribution in [0.1, 0.15) is 37.4 Å². The van der Waals surface area contributed by atoms with E-state index in [0.29, 0.717) is 12.1 Å². The van der Waals surface area contributed by atoms with Crippen LogP contribution < -0.4 is 14.2 Å². The molecule has 0 amide bonds. The minimum Gasteiger partial charge on any atom is -0.497 e. The predicted molar refractivity (Wildman–Crippen MR) is 150 cm³/mol. The Morgan fingerprint density at radius 1 is 0.865 bits per heavy atom. The number of hydrogen-bond donors (Lipinski definition) is 3. The second kappa shape index (κ2) is 12.6. The number of benzene rings is 3. The van der Waals surface area contributed by atoms with Gasteiger partial charge in [-0.05, 0) is 54.8 Å². The van der Waals surface area contributed by atoms with Gasteiger partial charge in [-0.3, -0.25) is 4.72 Å². The highest BCUT2D eigenvalue weighted by molar-refractivity contribution is 7.90. The van der Waals surface area contributed by atoms with Crippen molar-refractivity contribution in [3.05, 3.63) is 90.1 Å². The van der Waals surface area contributed by atoms with Gasteiger partial charge in [0, 0.05) is 29.8 Å². The van der Waals surface area contributed by atoms with E-state index in [2.05, 4.69) is 21.4 Å². The maximum absolute atomic E-state index is 12.7. The van der Waals surface area contributed by atoms with E-state index in [1.165, 1.54) is 18.4 Å². The number of unbranched alkanes of at least 4 members (excludes halogenated alkanes) is 2. The summed E-state index contributed by atoms with van der Waals surface area (Å²) in [7, 11) is -2.09. The molecule has 0 aliphatic rings. The number of aromatic nitrogens is 2. The average molecular weight is 519 g/mol. The third-order valence-electron chi connectivity index (χ3n) is 6.13. The maximum atomic E-state index is 12.7. The quantitative estimate of drug-likeness (QED) is 0.190. The van der Waals surface area contributed by atoms with E-state index in [0.717, 1.165) is 46.9 Å². The Hall–Kier alpha value is -3.62. The molecule has 0 saturated carbocycles. The molecule has 0 aliphatic heterocycles. The highest BCUT2D eigenvalue weighted by atomic mass is 32.2. The first kappa shape index (κ1) is 26.4. The molecule has 1 aromatic heterocycles. The molecule has 1 heterocycles. The van der Waals surface area contributed by atoms with Gasteiger partial charge in [0.05, 0.1) is 18.5 Å². The van der Waals surface area contributed by atoms with E-state index in [-0.39, 0.29) is 6.54 Å². The van der Waals surface area contributed by atoms with Crippen LogP contribution in [0.3, 0.4) is 0 Å². The van der Waals surface area contributed by atoms with Gasteiger partial charge in [-0.1, -0.05) is 62.2 Å². The number of methoxy groups -OCH3 is 1. The highest BCUT2D eigenvalue weighted by Crippen LogP contribution is 2.28. The third-order valence-corrected chi connectivity index (χ3v) is 7.22. The molecule has 0 fully saturated rings. The van der Waals surface area contributed by atoms with Gasteiger partial charge >= 0.3 is 0 Å². The van der Waals surface area contributed by atoms with E-state index in [1.54, 1.807) is 7.11 Å². The minimum absolute atomic E-state index is 0.201. The first-order chi connectivity index (χ1) is 18.0. The molecule has 0 bridgehead atoms. The molecular formula is C29H34N4O3S. The maximum Gasteiger partial charge on any atom is 0.299 e. The average Bonchev–Trinajstić information content (AvgIpc) is 3.34. The summed E-state index contributed by atoms with van der Waals surface area (Å²) in [6.45, 7) is 2.38. The molecule has 0 radical (unpaired) electrons. The van der Waals surface area contributed by atoms with Crippen molar-refractivity contribution in [3.63, 3.8) is 0 Å². The fraction of sp³-hybridized carbons (Fsp3) is 0.276. The van der Waals surface area contributed by atoms with Gasteiger partial charge < -0.3 is 9.72 Å². The Labute approximate surface area is 219 Å². The number of anilines is 1. The number of hydrogen-bond acceptors (Lipinski definition) is 4. The van der Waals surface area contributed by atoms with Crippen molar-refractivity contribution in [2.45, 2.75) is 39.0 Å². The van der Waals surface area contributed by atoms with Crippen LogP contribution in [0.2, 0.25) is 0 Å². The molecule has 0 aliphatic carbocycles. The topological polar surface area (TPSA) is 96.1 Å². The second-order valence-electron chi connectivity index (χ2n) is 8.91. The predicted octanol–water partition coefficient (Wildman–Crippen LogP) is 5.97. The molecule has 0 atom stereocenters. The summed E-state index contributed by atoms with van der Waals surface area (Å²) in [4.78, 5) is 8.22. The number of nitrogens with zero attached hydrogens (tertiary/aromatic N) is 1. The Balaban J connectivity index is 1.43. The van der Waals surface area contributed by atoms with E-state index < -0.39 is 10.2 Å². The molecular weight excluding hydrogens is 484 g/mol. The lowest BCUT2D eigenvalue weighted by molar-refractivity contribution is 0.415. The fourth-order valence-corrected chi connectivity index (χ4v) is 5.02. The number of H-pyrrole nitrogens is 1. The SMILES string of the molecule is CCCCCc1ccc(NS(=O)(=O)NCCc2nc(-c3ccccc3)[nH]c2-c2ccc(OC)cc2)cc1. The fourth-order valence-electron chi connectivity index (χ4n) is 4.13. The molecule has 8 heteroatoms. The van der Waals surface area contributed by atoms with Crippen LogP contribution in [0, 0.1) is 0 Å². The highest BCUT2D eigenvalue weighted by Gasteiger charge is 2.16. The summed E-state index contributed by atoms with van der Waals surface area (Å²) in [5, 5.41) is 0. The molecule has 7 nitrogen and oxygen atoms in total. The molecule has 194 valence electrons. The van der Waals surface area contributed by atoms with Gasteiger partial charge in [0.2, 0.25) is 0 Å². The van der Waals surface area contributed by atoms with Crippen LogP contribution in [0.25, 0.3) is 22.6 Å². The summed E-state index contributed by atoms with van der Waals surface area (Å²) in [5.41, 5.74) is 5.30. The summed E-state index contributed by atoms with van der Waals surface area (Å²) in [5.74, 6) is 1.50. The Morgan fingerprint density at radius 3 is 2.27 bits per heavy atom. The van der Waals surface area contributed by atoms with Crippen molar-refractivity contribution in [3.8, 4) is 28.4 Å².